The van der Waals surface area contributed by atoms with Crippen LogP contribution in [0.5, 0.6) is 5.75 Å². The second kappa shape index (κ2) is 6.98. The lowest BCUT2D eigenvalue weighted by Crippen LogP contribution is -2.17. The molecule has 0 spiro atoms. The van der Waals surface area contributed by atoms with Crippen LogP contribution in [0.2, 0.25) is 0 Å². The molecule has 3 rings (SSSR count). The normalized spacial score (nSPS) is 12.1. The van der Waals surface area contributed by atoms with Crippen LogP contribution < -0.4 is 10.5 Å². The van der Waals surface area contributed by atoms with Crippen LogP contribution in [0.4, 0.5) is 0 Å². The van der Waals surface area contributed by atoms with Gasteiger partial charge in [-0.1, -0.05) is 6.07 Å². The van der Waals surface area contributed by atoms with Gasteiger partial charge in [0.05, 0.1) is 0 Å². The molecule has 21 heavy (non-hydrogen) atoms. The van der Waals surface area contributed by atoms with Gasteiger partial charge in [0.15, 0.2) is 0 Å². The molecule has 2 heterocycles. The second-order valence-corrected chi connectivity index (χ2v) is 6.10. The first kappa shape index (κ1) is 15.9. The fourth-order valence-corrected chi connectivity index (χ4v) is 2.93. The fourth-order valence-electron chi connectivity index (χ4n) is 2.31. The molecule has 1 aromatic carbocycles. The molecule has 0 radical (unpaired) electrons. The molecule has 0 aliphatic carbocycles. The van der Waals surface area contributed by atoms with Crippen molar-refractivity contribution in [2.45, 2.75) is 26.0 Å². The van der Waals surface area contributed by atoms with Crippen LogP contribution in [0.25, 0.3) is 10.9 Å². The lowest BCUT2D eigenvalue weighted by atomic mass is 10.1. The predicted molar refractivity (Wildman–Crippen MR) is 91.6 cm³/mol. The molecule has 0 saturated carbocycles. The number of aromatic amines is 1. The summed E-state index contributed by atoms with van der Waals surface area (Å²) in [7, 11) is 0. The average Bonchev–Trinajstić information content (AvgIpc) is 3.06. The molecular formula is C16H19ClN2OS. The van der Waals surface area contributed by atoms with Gasteiger partial charge in [0, 0.05) is 28.0 Å². The lowest BCUT2D eigenvalue weighted by molar-refractivity contribution is 0.310. The second-order valence-electron chi connectivity index (χ2n) is 5.07. The summed E-state index contributed by atoms with van der Waals surface area (Å²) in [6, 6.07) is 10.4. The molecule has 3 aromatic rings. The van der Waals surface area contributed by atoms with Crippen LogP contribution in [0.3, 0.4) is 0 Å². The van der Waals surface area contributed by atoms with Crippen LogP contribution in [0, 0.1) is 0 Å². The summed E-state index contributed by atoms with van der Waals surface area (Å²) in [5.74, 6) is 0.899. The molecule has 0 aliphatic rings. The number of ether oxygens (including phenoxy) is 1. The van der Waals surface area contributed by atoms with E-state index in [1.54, 1.807) is 11.3 Å². The fraction of sp³-hybridized carbons (Fsp3) is 0.250. The molecule has 3 N–H and O–H groups in total. The minimum absolute atomic E-state index is 0. The number of aromatic nitrogens is 1. The first-order valence-corrected chi connectivity index (χ1v) is 7.61. The Morgan fingerprint density at radius 2 is 2.19 bits per heavy atom. The zero-order valence-corrected chi connectivity index (χ0v) is 13.5. The van der Waals surface area contributed by atoms with Gasteiger partial charge in [-0.2, -0.15) is 0 Å². The van der Waals surface area contributed by atoms with Crippen molar-refractivity contribution in [2.24, 2.45) is 5.73 Å². The highest BCUT2D eigenvalue weighted by molar-refractivity contribution is 7.09. The van der Waals surface area contributed by atoms with Crippen molar-refractivity contribution in [1.29, 1.82) is 0 Å². The smallest absolute Gasteiger partial charge is 0.122 e. The Morgan fingerprint density at radius 1 is 1.33 bits per heavy atom. The summed E-state index contributed by atoms with van der Waals surface area (Å²) < 4.78 is 5.85. The maximum atomic E-state index is 5.89. The maximum absolute atomic E-state index is 5.89. The Kier molecular flexibility index (Phi) is 5.28. The Hall–Kier alpha value is -1.49. The minimum Gasteiger partial charge on any atom is -0.488 e. The Morgan fingerprint density at radius 3 is 2.90 bits per heavy atom. The van der Waals surface area contributed by atoms with Crippen LogP contribution in [-0.2, 0) is 13.0 Å². The van der Waals surface area contributed by atoms with Crippen molar-refractivity contribution < 1.29 is 4.74 Å². The molecule has 0 amide bonds. The van der Waals surface area contributed by atoms with Crippen molar-refractivity contribution in [2.75, 3.05) is 0 Å². The molecule has 0 saturated heterocycles. The summed E-state index contributed by atoms with van der Waals surface area (Å²) in [6.07, 6.45) is 2.91. The van der Waals surface area contributed by atoms with Crippen molar-refractivity contribution in [3.63, 3.8) is 0 Å². The van der Waals surface area contributed by atoms with E-state index in [2.05, 4.69) is 28.6 Å². The zero-order chi connectivity index (χ0) is 13.9. The summed E-state index contributed by atoms with van der Waals surface area (Å²) in [4.78, 5) is 4.51. The largest absolute Gasteiger partial charge is 0.488 e. The molecule has 1 atom stereocenters. The van der Waals surface area contributed by atoms with E-state index in [1.165, 1.54) is 15.8 Å². The number of rotatable bonds is 5. The number of H-pyrrole nitrogens is 1. The van der Waals surface area contributed by atoms with E-state index >= 15 is 0 Å². The number of benzene rings is 1. The number of nitrogens with two attached hydrogens (primary N) is 1. The van der Waals surface area contributed by atoms with E-state index < -0.39 is 0 Å². The van der Waals surface area contributed by atoms with E-state index in [9.17, 15) is 0 Å². The quantitative estimate of drug-likeness (QED) is 0.742. The molecular weight excluding hydrogens is 304 g/mol. The summed E-state index contributed by atoms with van der Waals surface area (Å²) in [5.41, 5.74) is 8.27. The summed E-state index contributed by atoms with van der Waals surface area (Å²) >= 11 is 1.71. The molecule has 0 aliphatic heterocycles. The SMILES string of the molecule is CC(N)Cc1c[nH]c2ccc(OCc3cccs3)cc12.Cl. The highest BCUT2D eigenvalue weighted by Gasteiger charge is 2.07. The third kappa shape index (κ3) is 3.79. The number of hydrogen-bond donors (Lipinski definition) is 2. The molecule has 5 heteroatoms. The van der Waals surface area contributed by atoms with Crippen molar-refractivity contribution in [3.05, 3.63) is 52.3 Å². The zero-order valence-electron chi connectivity index (χ0n) is 11.8. The Labute approximate surface area is 134 Å². The van der Waals surface area contributed by atoms with Gasteiger partial charge in [0.25, 0.3) is 0 Å². The molecule has 0 fully saturated rings. The van der Waals surface area contributed by atoms with Crippen LogP contribution in [0.15, 0.2) is 41.9 Å². The standard InChI is InChI=1S/C16H18N2OS.ClH/c1-11(17)7-12-9-18-16-5-4-13(8-15(12)16)19-10-14-3-2-6-20-14;/h2-6,8-9,11,18H,7,10,17H2,1H3;1H. The Bertz CT molecular complexity index is 691. The van der Waals surface area contributed by atoms with Gasteiger partial charge in [0.1, 0.15) is 12.4 Å². The van der Waals surface area contributed by atoms with Gasteiger partial charge in [-0.15, -0.1) is 23.7 Å². The van der Waals surface area contributed by atoms with Gasteiger partial charge in [-0.3, -0.25) is 0 Å². The van der Waals surface area contributed by atoms with Crippen molar-refractivity contribution in [1.82, 2.24) is 4.98 Å². The number of nitrogens with one attached hydrogen (secondary N) is 1. The van der Waals surface area contributed by atoms with E-state index in [0.717, 1.165) is 17.7 Å². The lowest BCUT2D eigenvalue weighted by Gasteiger charge is -2.07. The number of thiophene rings is 1. The number of hydrogen-bond acceptors (Lipinski definition) is 3. The third-order valence-electron chi connectivity index (χ3n) is 3.24. The van der Waals surface area contributed by atoms with E-state index in [4.69, 9.17) is 10.5 Å². The summed E-state index contributed by atoms with van der Waals surface area (Å²) in [6.45, 7) is 2.65. The summed E-state index contributed by atoms with van der Waals surface area (Å²) in [5, 5.41) is 3.26. The van der Waals surface area contributed by atoms with E-state index in [0.29, 0.717) is 6.61 Å². The minimum atomic E-state index is 0. The molecule has 1 unspecified atom stereocenters. The maximum Gasteiger partial charge on any atom is 0.122 e. The van der Waals surface area contributed by atoms with Crippen LogP contribution >= 0.6 is 23.7 Å². The van der Waals surface area contributed by atoms with Gasteiger partial charge >= 0.3 is 0 Å². The molecule has 0 bridgehead atoms. The van der Waals surface area contributed by atoms with Crippen molar-refractivity contribution >= 4 is 34.6 Å². The van der Waals surface area contributed by atoms with Gasteiger partial charge in [0.2, 0.25) is 0 Å². The first-order chi connectivity index (χ1) is 9.72. The van der Waals surface area contributed by atoms with Gasteiger partial charge in [-0.05, 0) is 48.6 Å². The Balaban J connectivity index is 0.00000161. The average molecular weight is 323 g/mol. The van der Waals surface area contributed by atoms with Crippen molar-refractivity contribution in [3.8, 4) is 5.75 Å². The van der Waals surface area contributed by atoms with Crippen LogP contribution in [0.1, 0.15) is 17.4 Å². The first-order valence-electron chi connectivity index (χ1n) is 6.73. The molecule has 2 aromatic heterocycles. The topological polar surface area (TPSA) is 51.0 Å². The highest BCUT2D eigenvalue weighted by Crippen LogP contribution is 2.25. The van der Waals surface area contributed by atoms with Crippen LogP contribution in [-0.4, -0.2) is 11.0 Å². The highest BCUT2D eigenvalue weighted by atomic mass is 35.5. The number of fused-ring (bicyclic) bond motifs is 1. The van der Waals surface area contributed by atoms with E-state index in [-0.39, 0.29) is 18.4 Å². The van der Waals surface area contributed by atoms with Gasteiger partial charge in [-0.25, -0.2) is 0 Å². The van der Waals surface area contributed by atoms with Gasteiger partial charge < -0.3 is 15.5 Å². The molecule has 3 nitrogen and oxygen atoms in total. The van der Waals surface area contributed by atoms with E-state index in [1.807, 2.05) is 25.3 Å². The monoisotopic (exact) mass is 322 g/mol. The predicted octanol–water partition coefficient (Wildman–Crippen LogP) is 4.12. The third-order valence-corrected chi connectivity index (χ3v) is 4.09. The molecule has 112 valence electrons. The number of halogens is 1.